The molecular formula is C12H12ClN3O. The van der Waals surface area contributed by atoms with Gasteiger partial charge in [-0.25, -0.2) is 0 Å². The van der Waals surface area contributed by atoms with Crippen LogP contribution >= 0.6 is 11.6 Å². The molecule has 0 N–H and O–H groups in total. The minimum absolute atomic E-state index is 0.133. The third kappa shape index (κ3) is 2.71. The number of hydrogen-bond donors (Lipinski definition) is 0. The van der Waals surface area contributed by atoms with Crippen LogP contribution in [0.5, 0.6) is 6.01 Å². The molecule has 88 valence electrons. The Balaban J connectivity index is 2.47. The van der Waals surface area contributed by atoms with Crippen LogP contribution < -0.4 is 4.74 Å². The predicted octanol–water partition coefficient (Wildman–Crippen LogP) is 2.76. The van der Waals surface area contributed by atoms with Gasteiger partial charge in [-0.05, 0) is 29.7 Å². The molecule has 17 heavy (non-hydrogen) atoms. The van der Waals surface area contributed by atoms with Crippen LogP contribution in [0, 0.1) is 0 Å². The van der Waals surface area contributed by atoms with E-state index in [2.05, 4.69) is 27.9 Å². The first-order chi connectivity index (χ1) is 8.22. The zero-order chi connectivity index (χ0) is 12.3. The number of aromatic nitrogens is 3. The second-order valence-electron chi connectivity index (χ2n) is 3.47. The maximum atomic E-state index is 5.81. The Morgan fingerprint density at radius 2 is 2.06 bits per heavy atom. The van der Waals surface area contributed by atoms with Gasteiger partial charge in [-0.2, -0.15) is 15.0 Å². The van der Waals surface area contributed by atoms with Gasteiger partial charge in [0.05, 0.1) is 7.11 Å². The molecule has 0 saturated carbocycles. The average molecular weight is 250 g/mol. The normalized spacial score (nSPS) is 10.3. The number of methoxy groups -OCH3 is 1. The van der Waals surface area contributed by atoms with Crippen molar-refractivity contribution >= 4 is 11.6 Å². The standard InChI is InChI=1S/C12H12ClN3O/c1-3-8-5-4-6-9(7-8)10-14-11(13)16-12(15-10)17-2/h4-7H,3H2,1-2H3. The molecule has 2 rings (SSSR count). The van der Waals surface area contributed by atoms with E-state index >= 15 is 0 Å². The van der Waals surface area contributed by atoms with E-state index in [0.717, 1.165) is 12.0 Å². The lowest BCUT2D eigenvalue weighted by atomic mass is 10.1. The van der Waals surface area contributed by atoms with Crippen molar-refractivity contribution in [3.05, 3.63) is 35.1 Å². The van der Waals surface area contributed by atoms with Gasteiger partial charge in [0.15, 0.2) is 5.82 Å². The van der Waals surface area contributed by atoms with Crippen LogP contribution in [-0.4, -0.2) is 22.1 Å². The largest absolute Gasteiger partial charge is 0.467 e. The first-order valence-corrected chi connectivity index (χ1v) is 5.65. The highest BCUT2D eigenvalue weighted by Gasteiger charge is 2.07. The van der Waals surface area contributed by atoms with Crippen LogP contribution in [0.25, 0.3) is 11.4 Å². The lowest BCUT2D eigenvalue weighted by Crippen LogP contribution is -1.98. The average Bonchev–Trinajstić information content (AvgIpc) is 2.38. The van der Waals surface area contributed by atoms with Gasteiger partial charge < -0.3 is 4.74 Å². The Bertz CT molecular complexity index is 531. The summed E-state index contributed by atoms with van der Waals surface area (Å²) in [5.41, 5.74) is 2.13. The summed E-state index contributed by atoms with van der Waals surface area (Å²) in [7, 11) is 1.50. The quantitative estimate of drug-likeness (QED) is 0.839. The van der Waals surface area contributed by atoms with E-state index in [1.807, 2.05) is 18.2 Å². The van der Waals surface area contributed by atoms with Crippen molar-refractivity contribution in [2.75, 3.05) is 7.11 Å². The molecule has 0 aliphatic heterocycles. The summed E-state index contributed by atoms with van der Waals surface area (Å²) in [6, 6.07) is 8.22. The monoisotopic (exact) mass is 249 g/mol. The molecule has 0 saturated heterocycles. The molecule has 0 aliphatic carbocycles. The van der Waals surface area contributed by atoms with Crippen LogP contribution in [0.1, 0.15) is 12.5 Å². The number of rotatable bonds is 3. The first kappa shape index (κ1) is 11.8. The van der Waals surface area contributed by atoms with E-state index in [0.29, 0.717) is 5.82 Å². The molecule has 0 radical (unpaired) electrons. The molecule has 0 fully saturated rings. The number of halogens is 1. The molecule has 5 heteroatoms. The van der Waals surface area contributed by atoms with E-state index in [9.17, 15) is 0 Å². The fourth-order valence-corrected chi connectivity index (χ4v) is 1.63. The summed E-state index contributed by atoms with van der Waals surface area (Å²) in [5.74, 6) is 0.525. The Kier molecular flexibility index (Phi) is 3.54. The summed E-state index contributed by atoms with van der Waals surface area (Å²) in [6.07, 6.45) is 0.962. The van der Waals surface area contributed by atoms with Crippen molar-refractivity contribution in [2.24, 2.45) is 0 Å². The Hall–Kier alpha value is -1.68. The summed E-state index contributed by atoms with van der Waals surface area (Å²) >= 11 is 5.81. The third-order valence-corrected chi connectivity index (χ3v) is 2.53. The SMILES string of the molecule is CCc1cccc(-c2nc(Cl)nc(OC)n2)c1. The van der Waals surface area contributed by atoms with Gasteiger partial charge in [-0.1, -0.05) is 25.1 Å². The van der Waals surface area contributed by atoms with Gasteiger partial charge >= 0.3 is 6.01 Å². The predicted molar refractivity (Wildman–Crippen MR) is 66.2 cm³/mol. The number of ether oxygens (including phenoxy) is 1. The van der Waals surface area contributed by atoms with Crippen LogP contribution in [0.3, 0.4) is 0 Å². The summed E-state index contributed by atoms with van der Waals surface area (Å²) in [4.78, 5) is 12.1. The summed E-state index contributed by atoms with van der Waals surface area (Å²) < 4.78 is 4.97. The fourth-order valence-electron chi connectivity index (χ4n) is 1.48. The van der Waals surface area contributed by atoms with E-state index < -0.39 is 0 Å². The zero-order valence-corrected chi connectivity index (χ0v) is 10.4. The van der Waals surface area contributed by atoms with E-state index in [1.165, 1.54) is 12.7 Å². The Morgan fingerprint density at radius 3 is 2.76 bits per heavy atom. The third-order valence-electron chi connectivity index (χ3n) is 2.36. The van der Waals surface area contributed by atoms with E-state index in [1.54, 1.807) is 0 Å². The van der Waals surface area contributed by atoms with Gasteiger partial charge in [0, 0.05) is 5.56 Å². The van der Waals surface area contributed by atoms with Crippen molar-refractivity contribution in [1.82, 2.24) is 15.0 Å². The fraction of sp³-hybridized carbons (Fsp3) is 0.250. The lowest BCUT2D eigenvalue weighted by Gasteiger charge is -2.04. The van der Waals surface area contributed by atoms with Crippen LogP contribution in [0.4, 0.5) is 0 Å². The number of benzene rings is 1. The Morgan fingerprint density at radius 1 is 1.24 bits per heavy atom. The summed E-state index contributed by atoms with van der Waals surface area (Å²) in [5, 5.41) is 0.133. The number of nitrogens with zero attached hydrogens (tertiary/aromatic N) is 3. The minimum atomic E-state index is 0.133. The molecule has 4 nitrogen and oxygen atoms in total. The van der Waals surface area contributed by atoms with Crippen LogP contribution in [0.2, 0.25) is 5.28 Å². The van der Waals surface area contributed by atoms with E-state index in [4.69, 9.17) is 16.3 Å². The zero-order valence-electron chi connectivity index (χ0n) is 9.64. The number of hydrogen-bond acceptors (Lipinski definition) is 4. The molecule has 0 unspecified atom stereocenters. The molecule has 1 heterocycles. The topological polar surface area (TPSA) is 47.9 Å². The molecule has 0 bridgehead atoms. The highest BCUT2D eigenvalue weighted by molar-refractivity contribution is 6.28. The molecule has 0 amide bonds. The molecule has 0 aliphatic rings. The highest BCUT2D eigenvalue weighted by atomic mass is 35.5. The van der Waals surface area contributed by atoms with Gasteiger partial charge in [0.2, 0.25) is 5.28 Å². The summed E-state index contributed by atoms with van der Waals surface area (Å²) in [6.45, 7) is 2.10. The molecule has 0 spiro atoms. The molecule has 0 atom stereocenters. The van der Waals surface area contributed by atoms with E-state index in [-0.39, 0.29) is 11.3 Å². The maximum Gasteiger partial charge on any atom is 0.321 e. The highest BCUT2D eigenvalue weighted by Crippen LogP contribution is 2.20. The lowest BCUT2D eigenvalue weighted by molar-refractivity contribution is 0.379. The molecule has 1 aromatic carbocycles. The van der Waals surface area contributed by atoms with Crippen molar-refractivity contribution in [1.29, 1.82) is 0 Å². The van der Waals surface area contributed by atoms with Gasteiger partial charge in [0.1, 0.15) is 0 Å². The molecular weight excluding hydrogens is 238 g/mol. The first-order valence-electron chi connectivity index (χ1n) is 5.28. The van der Waals surface area contributed by atoms with Gasteiger partial charge in [-0.3, -0.25) is 0 Å². The second kappa shape index (κ2) is 5.10. The number of aryl methyl sites for hydroxylation is 1. The van der Waals surface area contributed by atoms with Crippen molar-refractivity contribution in [3.63, 3.8) is 0 Å². The smallest absolute Gasteiger partial charge is 0.321 e. The maximum absolute atomic E-state index is 5.81. The Labute approximate surface area is 105 Å². The molecule has 2 aromatic rings. The van der Waals surface area contributed by atoms with Gasteiger partial charge in [0.25, 0.3) is 0 Å². The molecule has 1 aromatic heterocycles. The van der Waals surface area contributed by atoms with Crippen molar-refractivity contribution < 1.29 is 4.74 Å². The van der Waals surface area contributed by atoms with Crippen molar-refractivity contribution in [2.45, 2.75) is 13.3 Å². The van der Waals surface area contributed by atoms with Crippen molar-refractivity contribution in [3.8, 4) is 17.4 Å². The minimum Gasteiger partial charge on any atom is -0.467 e. The van der Waals surface area contributed by atoms with Crippen LogP contribution in [-0.2, 0) is 6.42 Å². The van der Waals surface area contributed by atoms with Crippen LogP contribution in [0.15, 0.2) is 24.3 Å². The van der Waals surface area contributed by atoms with Gasteiger partial charge in [-0.15, -0.1) is 0 Å². The second-order valence-corrected chi connectivity index (χ2v) is 3.81.